The number of nitrogens with zero attached hydrogens (tertiary/aromatic N) is 1. The van der Waals surface area contributed by atoms with Crippen molar-refractivity contribution in [2.75, 3.05) is 19.6 Å². The monoisotopic (exact) mass is 272 g/mol. The van der Waals surface area contributed by atoms with E-state index in [1.807, 2.05) is 0 Å². The maximum atomic E-state index is 12.6. The summed E-state index contributed by atoms with van der Waals surface area (Å²) in [5.41, 5.74) is 1.38. The Balaban J connectivity index is 1.77. The number of carbonyl (C=O) groups is 1. The van der Waals surface area contributed by atoms with Crippen LogP contribution in [0.3, 0.4) is 0 Å². The first kappa shape index (κ1) is 13.6. The van der Waals surface area contributed by atoms with Gasteiger partial charge in [-0.05, 0) is 24.8 Å². The molecule has 2 atom stereocenters. The Kier molecular flexibility index (Phi) is 4.06. The van der Waals surface area contributed by atoms with E-state index in [2.05, 4.69) is 47.5 Å². The Bertz CT molecular complexity index is 455. The van der Waals surface area contributed by atoms with Crippen molar-refractivity contribution in [1.29, 1.82) is 0 Å². The number of likely N-dealkylation sites (tertiary alicyclic amines) is 1. The van der Waals surface area contributed by atoms with Gasteiger partial charge < -0.3 is 10.2 Å². The first-order chi connectivity index (χ1) is 9.81. The number of hydrogen-bond donors (Lipinski definition) is 1. The minimum atomic E-state index is 0.226. The molecule has 2 aliphatic heterocycles. The highest BCUT2D eigenvalue weighted by Crippen LogP contribution is 2.34. The Morgan fingerprint density at radius 3 is 2.70 bits per heavy atom. The number of amides is 1. The van der Waals surface area contributed by atoms with E-state index in [1.54, 1.807) is 0 Å². The molecule has 2 unspecified atom stereocenters. The van der Waals surface area contributed by atoms with Gasteiger partial charge in [0.1, 0.15) is 0 Å². The summed E-state index contributed by atoms with van der Waals surface area (Å²) in [6.45, 7) is 4.92. The molecule has 0 spiro atoms. The normalized spacial score (nSPS) is 24.4. The van der Waals surface area contributed by atoms with Crippen LogP contribution >= 0.6 is 0 Å². The highest BCUT2D eigenvalue weighted by Gasteiger charge is 2.38. The van der Waals surface area contributed by atoms with Gasteiger partial charge in [-0.15, -0.1) is 0 Å². The topological polar surface area (TPSA) is 32.3 Å². The highest BCUT2D eigenvalue weighted by molar-refractivity contribution is 5.81. The smallest absolute Gasteiger partial charge is 0.228 e. The number of benzene rings is 1. The highest BCUT2D eigenvalue weighted by atomic mass is 16.2. The zero-order chi connectivity index (χ0) is 13.9. The maximum absolute atomic E-state index is 12.6. The zero-order valence-corrected chi connectivity index (χ0v) is 12.2. The van der Waals surface area contributed by atoms with E-state index < -0.39 is 0 Å². The Labute approximate surface area is 121 Å². The van der Waals surface area contributed by atoms with Crippen LogP contribution in [0, 0.1) is 5.92 Å². The maximum Gasteiger partial charge on any atom is 0.228 e. The molecule has 3 heteroatoms. The zero-order valence-electron chi connectivity index (χ0n) is 12.2. The molecule has 3 rings (SSSR count). The molecule has 0 bridgehead atoms. The third-order valence-electron chi connectivity index (χ3n) is 4.85. The second-order valence-corrected chi connectivity index (χ2v) is 6.02. The van der Waals surface area contributed by atoms with E-state index in [0.717, 1.165) is 38.9 Å². The Hall–Kier alpha value is -1.35. The summed E-state index contributed by atoms with van der Waals surface area (Å²) in [7, 11) is 0. The van der Waals surface area contributed by atoms with Crippen LogP contribution in [0.25, 0.3) is 0 Å². The molecule has 0 aromatic heterocycles. The van der Waals surface area contributed by atoms with Crippen LogP contribution in [0.5, 0.6) is 0 Å². The van der Waals surface area contributed by atoms with E-state index in [4.69, 9.17) is 0 Å². The summed E-state index contributed by atoms with van der Waals surface area (Å²) in [6, 6.07) is 11.1. The molecule has 2 fully saturated rings. The van der Waals surface area contributed by atoms with Crippen LogP contribution in [-0.2, 0) is 4.79 Å². The van der Waals surface area contributed by atoms with Crippen LogP contribution in [0.2, 0.25) is 0 Å². The van der Waals surface area contributed by atoms with E-state index in [9.17, 15) is 4.79 Å². The van der Waals surface area contributed by atoms with Crippen LogP contribution in [0.15, 0.2) is 30.3 Å². The minimum absolute atomic E-state index is 0.226. The van der Waals surface area contributed by atoms with Gasteiger partial charge in [0.05, 0.1) is 5.92 Å². The van der Waals surface area contributed by atoms with Crippen molar-refractivity contribution in [2.45, 2.75) is 38.1 Å². The standard InChI is InChI=1S/C17H24N2O/c1-2-15(13-7-4-3-5-8-13)16-9-6-10-19(16)17(20)14-11-18-12-14/h3-5,7-8,14-16,18H,2,6,9-12H2,1H3. The van der Waals surface area contributed by atoms with Crippen molar-refractivity contribution in [2.24, 2.45) is 5.92 Å². The summed E-state index contributed by atoms with van der Waals surface area (Å²) in [5, 5.41) is 3.21. The van der Waals surface area contributed by atoms with Crippen LogP contribution < -0.4 is 5.32 Å². The second-order valence-electron chi connectivity index (χ2n) is 6.02. The molecule has 20 heavy (non-hydrogen) atoms. The molecule has 2 heterocycles. The van der Waals surface area contributed by atoms with Crippen LogP contribution in [0.1, 0.15) is 37.7 Å². The fourth-order valence-electron chi connectivity index (χ4n) is 3.61. The quantitative estimate of drug-likeness (QED) is 0.913. The van der Waals surface area contributed by atoms with Gasteiger partial charge in [-0.1, -0.05) is 37.3 Å². The van der Waals surface area contributed by atoms with Crippen LogP contribution in [0.4, 0.5) is 0 Å². The minimum Gasteiger partial charge on any atom is -0.339 e. The molecule has 3 nitrogen and oxygen atoms in total. The van der Waals surface area contributed by atoms with Crippen molar-refractivity contribution >= 4 is 5.91 Å². The van der Waals surface area contributed by atoms with Gasteiger partial charge in [-0.25, -0.2) is 0 Å². The fraction of sp³-hybridized carbons (Fsp3) is 0.588. The van der Waals surface area contributed by atoms with Gasteiger partial charge in [-0.2, -0.15) is 0 Å². The molecule has 0 aliphatic carbocycles. The molecular formula is C17H24N2O. The summed E-state index contributed by atoms with van der Waals surface area (Å²) in [4.78, 5) is 14.7. The predicted molar refractivity (Wildman–Crippen MR) is 80.6 cm³/mol. The van der Waals surface area contributed by atoms with Gasteiger partial charge in [0, 0.05) is 31.6 Å². The lowest BCUT2D eigenvalue weighted by Gasteiger charge is -2.36. The van der Waals surface area contributed by atoms with Gasteiger partial charge in [0.25, 0.3) is 0 Å². The first-order valence-corrected chi connectivity index (χ1v) is 7.87. The van der Waals surface area contributed by atoms with E-state index in [-0.39, 0.29) is 5.92 Å². The Morgan fingerprint density at radius 1 is 1.35 bits per heavy atom. The molecule has 1 aromatic rings. The molecule has 0 saturated carbocycles. The van der Waals surface area contributed by atoms with E-state index in [1.165, 1.54) is 5.56 Å². The van der Waals surface area contributed by atoms with Gasteiger partial charge in [0.2, 0.25) is 5.91 Å². The summed E-state index contributed by atoms with van der Waals surface area (Å²) in [6.07, 6.45) is 3.40. The SMILES string of the molecule is CCC(c1ccccc1)C1CCCN1C(=O)C1CNC1. The molecule has 2 saturated heterocycles. The molecule has 1 aromatic carbocycles. The van der Waals surface area contributed by atoms with Crippen LogP contribution in [-0.4, -0.2) is 36.5 Å². The van der Waals surface area contributed by atoms with Gasteiger partial charge in [-0.3, -0.25) is 4.79 Å². The predicted octanol–water partition coefficient (Wildman–Crippen LogP) is 2.39. The fourth-order valence-corrected chi connectivity index (χ4v) is 3.61. The number of rotatable bonds is 4. The van der Waals surface area contributed by atoms with E-state index >= 15 is 0 Å². The van der Waals surface area contributed by atoms with Crippen molar-refractivity contribution in [3.63, 3.8) is 0 Å². The number of hydrogen-bond acceptors (Lipinski definition) is 2. The molecule has 0 radical (unpaired) electrons. The largest absolute Gasteiger partial charge is 0.339 e. The molecule has 1 amide bonds. The molecule has 2 aliphatic rings. The number of nitrogens with one attached hydrogen (secondary N) is 1. The van der Waals surface area contributed by atoms with Crippen molar-refractivity contribution < 1.29 is 4.79 Å². The molecule has 1 N–H and O–H groups in total. The van der Waals surface area contributed by atoms with Crippen molar-refractivity contribution in [1.82, 2.24) is 10.2 Å². The third-order valence-corrected chi connectivity index (χ3v) is 4.85. The number of carbonyl (C=O) groups excluding carboxylic acids is 1. The van der Waals surface area contributed by atoms with Crippen molar-refractivity contribution in [3.05, 3.63) is 35.9 Å². The second kappa shape index (κ2) is 5.96. The molecular weight excluding hydrogens is 248 g/mol. The third kappa shape index (κ3) is 2.47. The first-order valence-electron chi connectivity index (χ1n) is 7.87. The lowest BCUT2D eigenvalue weighted by Crippen LogP contribution is -2.53. The lowest BCUT2D eigenvalue weighted by molar-refractivity contribution is -0.138. The van der Waals surface area contributed by atoms with Gasteiger partial charge in [0.15, 0.2) is 0 Å². The van der Waals surface area contributed by atoms with Gasteiger partial charge >= 0.3 is 0 Å². The molecule has 108 valence electrons. The van der Waals surface area contributed by atoms with E-state index in [0.29, 0.717) is 17.9 Å². The summed E-state index contributed by atoms with van der Waals surface area (Å²) in [5.74, 6) is 1.08. The van der Waals surface area contributed by atoms with Crippen molar-refractivity contribution in [3.8, 4) is 0 Å². The lowest BCUT2D eigenvalue weighted by atomic mass is 9.87. The Morgan fingerprint density at radius 2 is 2.10 bits per heavy atom. The average molecular weight is 272 g/mol. The average Bonchev–Trinajstić information content (AvgIpc) is 2.88. The summed E-state index contributed by atoms with van der Waals surface area (Å²) < 4.78 is 0. The summed E-state index contributed by atoms with van der Waals surface area (Å²) >= 11 is 0.